The molecule has 0 spiro atoms. The van der Waals surface area contributed by atoms with Gasteiger partial charge in [0.05, 0.1) is 0 Å². The van der Waals surface area contributed by atoms with Gasteiger partial charge < -0.3 is 15.0 Å². The van der Waals surface area contributed by atoms with E-state index in [9.17, 15) is 9.59 Å². The average molecular weight is 451 g/mol. The fraction of sp³-hybridized carbons (Fsp3) is 0.391. The minimum Gasteiger partial charge on any atom is -0.484 e. The molecule has 2 atom stereocenters. The number of benzene rings is 2. The van der Waals surface area contributed by atoms with Crippen LogP contribution in [0.2, 0.25) is 10.0 Å². The van der Waals surface area contributed by atoms with Crippen molar-refractivity contribution in [3.05, 3.63) is 63.6 Å². The number of halogens is 2. The molecule has 0 saturated carbocycles. The highest BCUT2D eigenvalue weighted by atomic mass is 35.5. The molecule has 7 heteroatoms. The van der Waals surface area contributed by atoms with Gasteiger partial charge in [-0.25, -0.2) is 0 Å². The van der Waals surface area contributed by atoms with E-state index in [1.165, 1.54) is 4.90 Å². The summed E-state index contributed by atoms with van der Waals surface area (Å²) in [4.78, 5) is 27.2. The fourth-order valence-electron chi connectivity index (χ4n) is 2.77. The first kappa shape index (κ1) is 24.0. The second-order valence-corrected chi connectivity index (χ2v) is 8.19. The summed E-state index contributed by atoms with van der Waals surface area (Å²) < 4.78 is 5.67. The fourth-order valence-corrected chi connectivity index (χ4v) is 3.01. The number of nitrogens with one attached hydrogen (secondary N) is 1. The van der Waals surface area contributed by atoms with Gasteiger partial charge in [-0.2, -0.15) is 0 Å². The normalized spacial score (nSPS) is 12.7. The summed E-state index contributed by atoms with van der Waals surface area (Å²) in [5, 5.41) is 4.18. The van der Waals surface area contributed by atoms with Gasteiger partial charge in [0.15, 0.2) is 6.61 Å². The zero-order valence-corrected chi connectivity index (χ0v) is 19.3. The largest absolute Gasteiger partial charge is 0.484 e. The minimum absolute atomic E-state index is 0.0285. The smallest absolute Gasteiger partial charge is 0.261 e. The van der Waals surface area contributed by atoms with E-state index in [0.717, 1.165) is 17.5 Å². The maximum Gasteiger partial charge on any atom is 0.261 e. The van der Waals surface area contributed by atoms with Crippen LogP contribution in [0.5, 0.6) is 5.75 Å². The summed E-state index contributed by atoms with van der Waals surface area (Å²) in [6.07, 6.45) is 0.808. The SMILES string of the molecule is CC[C@@H](C)NC(=O)[C@H](C)N(Cc1ccc(Cl)cc1)C(=O)COc1ccc(Cl)c(C)c1. The second kappa shape index (κ2) is 11.2. The summed E-state index contributed by atoms with van der Waals surface area (Å²) in [6, 6.07) is 11.8. The molecule has 1 N–H and O–H groups in total. The quantitative estimate of drug-likeness (QED) is 0.583. The highest BCUT2D eigenvalue weighted by Gasteiger charge is 2.27. The molecule has 2 amide bonds. The molecule has 0 aliphatic heterocycles. The first-order chi connectivity index (χ1) is 14.2. The molecule has 2 rings (SSSR count). The number of hydrogen-bond acceptors (Lipinski definition) is 3. The lowest BCUT2D eigenvalue weighted by Crippen LogP contribution is -2.50. The van der Waals surface area contributed by atoms with Crippen LogP contribution in [0.4, 0.5) is 0 Å². The highest BCUT2D eigenvalue weighted by molar-refractivity contribution is 6.31. The van der Waals surface area contributed by atoms with Crippen LogP contribution in [0.1, 0.15) is 38.3 Å². The topological polar surface area (TPSA) is 58.6 Å². The van der Waals surface area contributed by atoms with Crippen LogP contribution in [-0.2, 0) is 16.1 Å². The summed E-state index contributed by atoms with van der Waals surface area (Å²) in [6.45, 7) is 7.60. The van der Waals surface area contributed by atoms with Crippen molar-refractivity contribution in [3.63, 3.8) is 0 Å². The molecule has 2 aromatic carbocycles. The molecule has 0 fully saturated rings. The lowest BCUT2D eigenvalue weighted by Gasteiger charge is -2.29. The third-order valence-electron chi connectivity index (χ3n) is 4.93. The van der Waals surface area contributed by atoms with Gasteiger partial charge in [-0.15, -0.1) is 0 Å². The molecule has 2 aromatic rings. The van der Waals surface area contributed by atoms with Crippen LogP contribution < -0.4 is 10.1 Å². The number of rotatable bonds is 9. The average Bonchev–Trinajstić information content (AvgIpc) is 2.73. The monoisotopic (exact) mass is 450 g/mol. The van der Waals surface area contributed by atoms with E-state index in [2.05, 4.69) is 5.32 Å². The van der Waals surface area contributed by atoms with Crippen LogP contribution in [0, 0.1) is 6.92 Å². The molecular weight excluding hydrogens is 423 g/mol. The van der Waals surface area contributed by atoms with Gasteiger partial charge in [0.1, 0.15) is 11.8 Å². The molecule has 30 heavy (non-hydrogen) atoms. The Hall–Kier alpha value is -2.24. The van der Waals surface area contributed by atoms with Crippen LogP contribution in [0.15, 0.2) is 42.5 Å². The predicted molar refractivity (Wildman–Crippen MR) is 121 cm³/mol. The lowest BCUT2D eigenvalue weighted by molar-refractivity contribution is -0.142. The maximum atomic E-state index is 13.0. The zero-order chi connectivity index (χ0) is 22.3. The summed E-state index contributed by atoms with van der Waals surface area (Å²) in [5.74, 6) is 0.0618. The molecule has 0 bridgehead atoms. The van der Waals surface area contributed by atoms with E-state index in [1.54, 1.807) is 37.3 Å². The van der Waals surface area contributed by atoms with Crippen molar-refractivity contribution in [1.29, 1.82) is 0 Å². The molecular formula is C23H28Cl2N2O3. The van der Waals surface area contributed by atoms with Crippen LogP contribution >= 0.6 is 23.2 Å². The Bertz CT molecular complexity index is 871. The Balaban J connectivity index is 2.15. The van der Waals surface area contributed by atoms with Crippen molar-refractivity contribution < 1.29 is 14.3 Å². The van der Waals surface area contributed by atoms with Gasteiger partial charge in [-0.3, -0.25) is 9.59 Å². The number of nitrogens with zero attached hydrogens (tertiary/aromatic N) is 1. The number of carbonyl (C=O) groups excluding carboxylic acids is 2. The van der Waals surface area contributed by atoms with Crippen molar-refractivity contribution in [2.24, 2.45) is 0 Å². The van der Waals surface area contributed by atoms with Crippen molar-refractivity contribution >= 4 is 35.0 Å². The van der Waals surface area contributed by atoms with E-state index >= 15 is 0 Å². The standard InChI is InChI=1S/C23H28Cl2N2O3/c1-5-16(3)26-23(29)17(4)27(13-18-6-8-19(24)9-7-18)22(28)14-30-20-10-11-21(25)15(2)12-20/h6-12,16-17H,5,13-14H2,1-4H3,(H,26,29)/t16-,17+/m1/s1. The van der Waals surface area contributed by atoms with Gasteiger partial charge >= 0.3 is 0 Å². The first-order valence-electron chi connectivity index (χ1n) is 9.94. The Morgan fingerprint density at radius 2 is 1.77 bits per heavy atom. The molecule has 0 radical (unpaired) electrons. The Morgan fingerprint density at radius 1 is 1.10 bits per heavy atom. The van der Waals surface area contributed by atoms with Crippen LogP contribution in [0.3, 0.4) is 0 Å². The Labute approximate surface area is 188 Å². The molecule has 0 saturated heterocycles. The van der Waals surface area contributed by atoms with Crippen molar-refractivity contribution in [2.45, 2.75) is 52.7 Å². The zero-order valence-electron chi connectivity index (χ0n) is 17.7. The Morgan fingerprint density at radius 3 is 2.37 bits per heavy atom. The van der Waals surface area contributed by atoms with Gasteiger partial charge in [-0.1, -0.05) is 42.3 Å². The number of aryl methyl sites for hydroxylation is 1. The van der Waals surface area contributed by atoms with Gasteiger partial charge in [0, 0.05) is 22.6 Å². The van der Waals surface area contributed by atoms with Crippen molar-refractivity contribution in [1.82, 2.24) is 10.2 Å². The van der Waals surface area contributed by atoms with Crippen molar-refractivity contribution in [2.75, 3.05) is 6.61 Å². The number of amides is 2. The summed E-state index contributed by atoms with van der Waals surface area (Å²) in [5.41, 5.74) is 1.74. The number of carbonyl (C=O) groups is 2. The highest BCUT2D eigenvalue weighted by Crippen LogP contribution is 2.21. The van der Waals surface area contributed by atoms with Gasteiger partial charge in [-0.05, 0) is 68.7 Å². The van der Waals surface area contributed by atoms with E-state index < -0.39 is 6.04 Å². The van der Waals surface area contributed by atoms with Crippen LogP contribution in [0.25, 0.3) is 0 Å². The van der Waals surface area contributed by atoms with E-state index in [1.807, 2.05) is 32.9 Å². The summed E-state index contributed by atoms with van der Waals surface area (Å²) >= 11 is 12.0. The van der Waals surface area contributed by atoms with E-state index in [4.69, 9.17) is 27.9 Å². The van der Waals surface area contributed by atoms with Crippen molar-refractivity contribution in [3.8, 4) is 5.75 Å². The van der Waals surface area contributed by atoms with E-state index in [-0.39, 0.29) is 31.0 Å². The molecule has 0 aliphatic rings. The Kier molecular flexibility index (Phi) is 9.00. The van der Waals surface area contributed by atoms with Crippen LogP contribution in [-0.4, -0.2) is 35.4 Å². The molecule has 0 aliphatic carbocycles. The summed E-state index contributed by atoms with van der Waals surface area (Å²) in [7, 11) is 0. The lowest BCUT2D eigenvalue weighted by atomic mass is 10.1. The molecule has 0 aromatic heterocycles. The molecule has 0 unspecified atom stereocenters. The third-order valence-corrected chi connectivity index (χ3v) is 5.60. The number of hydrogen-bond donors (Lipinski definition) is 1. The molecule has 162 valence electrons. The second-order valence-electron chi connectivity index (χ2n) is 7.34. The first-order valence-corrected chi connectivity index (χ1v) is 10.7. The molecule has 5 nitrogen and oxygen atoms in total. The number of ether oxygens (including phenoxy) is 1. The van der Waals surface area contributed by atoms with Gasteiger partial charge in [0.25, 0.3) is 5.91 Å². The predicted octanol–water partition coefficient (Wildman–Crippen LogP) is 5.01. The van der Waals surface area contributed by atoms with Gasteiger partial charge in [0.2, 0.25) is 5.91 Å². The third kappa shape index (κ3) is 6.92. The van der Waals surface area contributed by atoms with E-state index in [0.29, 0.717) is 15.8 Å². The minimum atomic E-state index is -0.655. The maximum absolute atomic E-state index is 13.0. The molecule has 0 heterocycles.